The first-order chi connectivity index (χ1) is 17.7. The van der Waals surface area contributed by atoms with Gasteiger partial charge in [0.1, 0.15) is 0 Å². The van der Waals surface area contributed by atoms with Gasteiger partial charge in [-0.05, 0) is 60.2 Å². The van der Waals surface area contributed by atoms with Gasteiger partial charge < -0.3 is 9.47 Å². The number of hydrogen-bond donors (Lipinski definition) is 0. The van der Waals surface area contributed by atoms with Crippen molar-refractivity contribution in [2.45, 2.75) is 25.8 Å². The van der Waals surface area contributed by atoms with Crippen LogP contribution < -0.4 is 24.4 Å². The number of thiazole rings is 1. The molecule has 6 heteroatoms. The largest absolute Gasteiger partial charge is 0.493 e. The molecule has 0 amide bonds. The first kappa shape index (κ1) is 22.6. The zero-order chi connectivity index (χ0) is 24.6. The Morgan fingerprint density at radius 1 is 1.03 bits per heavy atom. The second-order valence-corrected chi connectivity index (χ2v) is 9.88. The van der Waals surface area contributed by atoms with Gasteiger partial charge in [0.25, 0.3) is 5.56 Å². The summed E-state index contributed by atoms with van der Waals surface area (Å²) in [7, 11) is 1.62. The van der Waals surface area contributed by atoms with E-state index in [0.29, 0.717) is 22.6 Å². The molecule has 0 saturated carbocycles. The van der Waals surface area contributed by atoms with Crippen molar-refractivity contribution in [3.8, 4) is 11.5 Å². The molecule has 0 unspecified atom stereocenters. The van der Waals surface area contributed by atoms with Gasteiger partial charge in [0.05, 0.1) is 30.0 Å². The van der Waals surface area contributed by atoms with E-state index in [1.54, 1.807) is 7.11 Å². The molecular formula is C30H26N2O3S. The van der Waals surface area contributed by atoms with Gasteiger partial charge in [-0.1, -0.05) is 72.0 Å². The third kappa shape index (κ3) is 3.78. The summed E-state index contributed by atoms with van der Waals surface area (Å²) >= 11 is 1.44. The molecule has 180 valence electrons. The molecule has 0 bridgehead atoms. The summed E-state index contributed by atoms with van der Waals surface area (Å²) in [5.74, 6) is 1.33. The lowest BCUT2D eigenvalue weighted by Gasteiger charge is -2.30. The quantitative estimate of drug-likeness (QED) is 0.403. The van der Waals surface area contributed by atoms with Crippen molar-refractivity contribution in [2.75, 3.05) is 13.7 Å². The van der Waals surface area contributed by atoms with E-state index in [-0.39, 0.29) is 11.6 Å². The van der Waals surface area contributed by atoms with Crippen LogP contribution >= 0.6 is 11.3 Å². The van der Waals surface area contributed by atoms with Gasteiger partial charge in [0.15, 0.2) is 16.3 Å². The van der Waals surface area contributed by atoms with E-state index in [1.807, 2.05) is 54.0 Å². The molecule has 0 N–H and O–H groups in total. The molecule has 0 radical (unpaired) electrons. The summed E-state index contributed by atoms with van der Waals surface area (Å²) < 4.78 is 13.7. The number of methoxy groups -OCH3 is 1. The molecule has 6 rings (SSSR count). The van der Waals surface area contributed by atoms with Crippen LogP contribution in [-0.4, -0.2) is 18.3 Å². The highest BCUT2D eigenvalue weighted by atomic mass is 32.1. The van der Waals surface area contributed by atoms with Gasteiger partial charge >= 0.3 is 0 Å². The number of allylic oxidation sites excluding steroid dienone is 1. The Kier molecular flexibility index (Phi) is 5.82. The van der Waals surface area contributed by atoms with E-state index in [0.717, 1.165) is 34.5 Å². The van der Waals surface area contributed by atoms with Crippen molar-refractivity contribution in [3.05, 3.63) is 120 Å². The molecule has 36 heavy (non-hydrogen) atoms. The first-order valence-corrected chi connectivity index (χ1v) is 13.0. The maximum atomic E-state index is 13.8. The number of benzene rings is 3. The summed E-state index contributed by atoms with van der Waals surface area (Å²) in [5, 5.41) is 0. The van der Waals surface area contributed by atoms with Crippen LogP contribution in [0.1, 0.15) is 41.6 Å². The highest BCUT2D eigenvalue weighted by Crippen LogP contribution is 2.41. The highest BCUT2D eigenvalue weighted by Gasteiger charge is 2.32. The second-order valence-electron chi connectivity index (χ2n) is 8.87. The molecule has 0 spiro atoms. The smallest absolute Gasteiger partial charge is 0.271 e. The van der Waals surface area contributed by atoms with Gasteiger partial charge in [-0.25, -0.2) is 4.99 Å². The van der Waals surface area contributed by atoms with Crippen LogP contribution in [0.15, 0.2) is 88.2 Å². The van der Waals surface area contributed by atoms with Crippen molar-refractivity contribution in [3.63, 3.8) is 0 Å². The van der Waals surface area contributed by atoms with Gasteiger partial charge in [-0.15, -0.1) is 0 Å². The van der Waals surface area contributed by atoms with Gasteiger partial charge in [-0.2, -0.15) is 0 Å². The first-order valence-electron chi connectivity index (χ1n) is 12.2. The predicted octanol–water partition coefficient (Wildman–Crippen LogP) is 4.73. The molecule has 1 aromatic heterocycles. The summed E-state index contributed by atoms with van der Waals surface area (Å²) in [6, 6.07) is 24.3. The van der Waals surface area contributed by atoms with Crippen molar-refractivity contribution >= 4 is 23.1 Å². The Morgan fingerprint density at radius 3 is 2.64 bits per heavy atom. The number of aromatic nitrogens is 1. The number of aryl methyl sites for hydroxylation is 1. The molecule has 0 fully saturated rings. The topological polar surface area (TPSA) is 52.8 Å². The van der Waals surface area contributed by atoms with Gasteiger partial charge in [0, 0.05) is 5.56 Å². The van der Waals surface area contributed by atoms with Gasteiger partial charge in [-0.3, -0.25) is 9.36 Å². The predicted molar refractivity (Wildman–Crippen MR) is 143 cm³/mol. The van der Waals surface area contributed by atoms with Crippen molar-refractivity contribution in [2.24, 2.45) is 4.99 Å². The normalized spacial score (nSPS) is 16.6. The molecule has 3 aromatic carbocycles. The van der Waals surface area contributed by atoms with Crippen LogP contribution in [0.4, 0.5) is 0 Å². The summed E-state index contributed by atoms with van der Waals surface area (Å²) in [6.07, 6.45) is 3.75. The van der Waals surface area contributed by atoms with Crippen LogP contribution in [0.3, 0.4) is 0 Å². The average Bonchev–Trinajstić information content (AvgIpc) is 3.23. The van der Waals surface area contributed by atoms with E-state index in [4.69, 9.17) is 14.5 Å². The van der Waals surface area contributed by atoms with E-state index in [2.05, 4.69) is 36.4 Å². The van der Waals surface area contributed by atoms with Crippen LogP contribution in [0.25, 0.3) is 11.8 Å². The monoisotopic (exact) mass is 494 g/mol. The maximum Gasteiger partial charge on any atom is 0.271 e. The Hall–Kier alpha value is -3.90. The number of fused-ring (bicyclic) bond motifs is 3. The maximum absolute atomic E-state index is 13.8. The molecule has 1 aliphatic heterocycles. The van der Waals surface area contributed by atoms with Crippen LogP contribution in [0, 0.1) is 0 Å². The molecule has 2 heterocycles. The molecule has 1 atom stereocenters. The average molecular weight is 495 g/mol. The Bertz CT molecular complexity index is 1660. The Morgan fingerprint density at radius 2 is 1.83 bits per heavy atom. The molecular weight excluding hydrogens is 468 g/mol. The van der Waals surface area contributed by atoms with Crippen LogP contribution in [0.5, 0.6) is 11.5 Å². The van der Waals surface area contributed by atoms with Crippen molar-refractivity contribution < 1.29 is 9.47 Å². The molecule has 0 saturated heterocycles. The van der Waals surface area contributed by atoms with Crippen molar-refractivity contribution in [1.82, 2.24) is 4.57 Å². The number of rotatable bonds is 5. The Labute approximate surface area is 213 Å². The molecule has 5 nitrogen and oxygen atoms in total. The SMILES string of the molecule is CCOc1ccc(/C=c2\sc3n(c2=O)[C@H](c2ccccc2)C2=C(N=3)c3ccccc3CC2)cc1OC. The third-order valence-corrected chi connectivity index (χ3v) is 7.76. The number of nitrogens with zero attached hydrogens (tertiary/aromatic N) is 2. The van der Waals surface area contributed by atoms with E-state index in [9.17, 15) is 4.79 Å². The minimum atomic E-state index is -0.164. The zero-order valence-electron chi connectivity index (χ0n) is 20.2. The van der Waals surface area contributed by atoms with E-state index < -0.39 is 0 Å². The van der Waals surface area contributed by atoms with Gasteiger partial charge in [0.2, 0.25) is 0 Å². The van der Waals surface area contributed by atoms with E-state index in [1.165, 1.54) is 28.0 Å². The number of ether oxygens (including phenoxy) is 2. The minimum Gasteiger partial charge on any atom is -0.493 e. The second kappa shape index (κ2) is 9.28. The summed E-state index contributed by atoms with van der Waals surface area (Å²) in [6.45, 7) is 2.50. The fourth-order valence-electron chi connectivity index (χ4n) is 5.16. The zero-order valence-corrected chi connectivity index (χ0v) is 21.0. The van der Waals surface area contributed by atoms with Crippen LogP contribution in [0.2, 0.25) is 0 Å². The summed E-state index contributed by atoms with van der Waals surface area (Å²) in [5.41, 5.74) is 6.68. The van der Waals surface area contributed by atoms with E-state index >= 15 is 0 Å². The van der Waals surface area contributed by atoms with Crippen LogP contribution in [-0.2, 0) is 6.42 Å². The highest BCUT2D eigenvalue weighted by molar-refractivity contribution is 7.07. The standard InChI is InChI=1S/C30H26N2O3S/c1-3-35-24-16-13-19(17-25(24)34-2)18-26-29(33)32-28(21-10-5-4-6-11-21)23-15-14-20-9-7-8-12-22(20)27(23)31-30(32)36-26/h4-13,16-18,28H,3,14-15H2,1-2H3/b26-18-/t28-/m1/s1. The third-order valence-electron chi connectivity index (χ3n) is 6.77. The fourth-order valence-corrected chi connectivity index (χ4v) is 6.16. The molecule has 4 aromatic rings. The Balaban J connectivity index is 1.56. The lowest BCUT2D eigenvalue weighted by molar-refractivity contribution is 0.311. The number of hydrogen-bond acceptors (Lipinski definition) is 5. The lowest BCUT2D eigenvalue weighted by atomic mass is 9.83. The van der Waals surface area contributed by atoms with Crippen molar-refractivity contribution in [1.29, 1.82) is 0 Å². The molecule has 1 aliphatic carbocycles. The minimum absolute atomic E-state index is 0.0223. The lowest BCUT2D eigenvalue weighted by Crippen LogP contribution is -2.38. The summed E-state index contributed by atoms with van der Waals surface area (Å²) in [4.78, 5) is 19.7. The molecule has 2 aliphatic rings. The fraction of sp³-hybridized carbons (Fsp3) is 0.200.